The van der Waals surface area contributed by atoms with E-state index in [4.69, 9.17) is 4.74 Å². The molecule has 2 rings (SSSR count). The molecule has 1 saturated carbocycles. The molecule has 0 aromatic heterocycles. The Kier molecular flexibility index (Phi) is 7.46. The lowest BCUT2D eigenvalue weighted by molar-refractivity contribution is -0.185. The van der Waals surface area contributed by atoms with Gasteiger partial charge in [0.2, 0.25) is 15.9 Å². The quantitative estimate of drug-likeness (QED) is 0.706. The fraction of sp³-hybridized carbons (Fsp3) is 0.611. The van der Waals surface area contributed by atoms with Crippen molar-refractivity contribution < 1.29 is 31.1 Å². The highest BCUT2D eigenvalue weighted by atomic mass is 32.2. The molecule has 1 amide bonds. The van der Waals surface area contributed by atoms with Gasteiger partial charge in [-0.2, -0.15) is 13.2 Å². The van der Waals surface area contributed by atoms with Gasteiger partial charge in [0.05, 0.1) is 17.4 Å². The van der Waals surface area contributed by atoms with Crippen molar-refractivity contribution in [1.29, 1.82) is 0 Å². The molecule has 0 unspecified atom stereocenters. The highest BCUT2D eigenvalue weighted by Gasteiger charge is 2.43. The van der Waals surface area contributed by atoms with Crippen molar-refractivity contribution in [1.82, 2.24) is 4.72 Å². The normalized spacial score (nSPS) is 21.9. The van der Waals surface area contributed by atoms with Crippen LogP contribution in [0.4, 0.5) is 18.9 Å². The van der Waals surface area contributed by atoms with Gasteiger partial charge in [-0.25, -0.2) is 13.1 Å². The number of hydrogen-bond donors (Lipinski definition) is 2. The van der Waals surface area contributed by atoms with Crippen molar-refractivity contribution in [3.8, 4) is 0 Å². The Labute approximate surface area is 162 Å². The summed E-state index contributed by atoms with van der Waals surface area (Å²) in [7, 11) is -2.27. The Morgan fingerprint density at radius 3 is 2.46 bits per heavy atom. The van der Waals surface area contributed by atoms with E-state index in [-0.39, 0.29) is 24.3 Å². The van der Waals surface area contributed by atoms with Gasteiger partial charge in [-0.3, -0.25) is 4.79 Å². The maximum absolute atomic E-state index is 12.9. The van der Waals surface area contributed by atoms with Crippen LogP contribution in [0.25, 0.3) is 0 Å². The lowest BCUT2D eigenvalue weighted by atomic mass is 9.80. The molecular weight excluding hydrogens is 397 g/mol. The third-order valence-corrected chi connectivity index (χ3v) is 6.32. The van der Waals surface area contributed by atoms with E-state index in [0.29, 0.717) is 18.5 Å². The first-order valence-electron chi connectivity index (χ1n) is 9.02. The maximum atomic E-state index is 12.9. The molecule has 0 heterocycles. The number of halogens is 3. The Hall–Kier alpha value is -1.65. The van der Waals surface area contributed by atoms with Crippen molar-refractivity contribution in [2.45, 2.75) is 49.7 Å². The summed E-state index contributed by atoms with van der Waals surface area (Å²) in [5.41, 5.74) is 0.336. The molecule has 1 fully saturated rings. The van der Waals surface area contributed by atoms with Crippen molar-refractivity contribution in [3.05, 3.63) is 24.3 Å². The minimum atomic E-state index is -4.29. The summed E-state index contributed by atoms with van der Waals surface area (Å²) in [5.74, 6) is -2.64. The van der Waals surface area contributed by atoms with Crippen LogP contribution in [-0.4, -0.2) is 40.3 Å². The number of methoxy groups -OCH3 is 1. The van der Waals surface area contributed by atoms with E-state index in [0.717, 1.165) is 0 Å². The summed E-state index contributed by atoms with van der Waals surface area (Å²) < 4.78 is 70.6. The van der Waals surface area contributed by atoms with Gasteiger partial charge in [-0.15, -0.1) is 0 Å². The first kappa shape index (κ1) is 22.6. The molecule has 0 spiro atoms. The minimum absolute atomic E-state index is 0.0169. The van der Waals surface area contributed by atoms with Crippen LogP contribution in [0, 0.1) is 11.8 Å². The van der Waals surface area contributed by atoms with Gasteiger partial charge in [0, 0.05) is 24.8 Å². The number of nitrogens with one attached hydrogen (secondary N) is 2. The van der Waals surface area contributed by atoms with Gasteiger partial charge < -0.3 is 10.1 Å². The third kappa shape index (κ3) is 6.18. The number of rotatable bonds is 7. The predicted molar refractivity (Wildman–Crippen MR) is 98.2 cm³/mol. The van der Waals surface area contributed by atoms with Crippen LogP contribution in [-0.2, 0) is 19.6 Å². The van der Waals surface area contributed by atoms with Gasteiger partial charge in [0.1, 0.15) is 0 Å². The van der Waals surface area contributed by atoms with E-state index in [1.165, 1.54) is 31.4 Å². The van der Waals surface area contributed by atoms with Crippen LogP contribution < -0.4 is 10.0 Å². The summed E-state index contributed by atoms with van der Waals surface area (Å²) in [4.78, 5) is 12.3. The average Bonchev–Trinajstić information content (AvgIpc) is 2.61. The number of carbonyl (C=O) groups excluding carboxylic acids is 1. The van der Waals surface area contributed by atoms with Crippen LogP contribution in [0.3, 0.4) is 0 Å². The van der Waals surface area contributed by atoms with E-state index < -0.39 is 40.0 Å². The van der Waals surface area contributed by atoms with Crippen LogP contribution in [0.15, 0.2) is 29.2 Å². The summed E-state index contributed by atoms with van der Waals surface area (Å²) in [6, 6.07) is 5.07. The van der Waals surface area contributed by atoms with Crippen LogP contribution >= 0.6 is 0 Å². The number of ether oxygens (including phenoxy) is 1. The molecule has 10 heteroatoms. The van der Waals surface area contributed by atoms with Crippen LogP contribution in [0.1, 0.15) is 32.6 Å². The Bertz CT molecular complexity index is 766. The SMILES string of the molecule is COC[C@H](C)NS(=O)(=O)c1ccc(NC(=O)[C@H]2CCC[C@H](C(F)(F)F)C2)cc1. The summed E-state index contributed by atoms with van der Waals surface area (Å²) in [5, 5.41) is 2.58. The number of benzene rings is 1. The van der Waals surface area contributed by atoms with Crippen molar-refractivity contribution in [2.24, 2.45) is 11.8 Å². The van der Waals surface area contributed by atoms with Gasteiger partial charge in [0.15, 0.2) is 0 Å². The monoisotopic (exact) mass is 422 g/mol. The number of anilines is 1. The van der Waals surface area contributed by atoms with E-state index in [1.54, 1.807) is 6.92 Å². The smallest absolute Gasteiger partial charge is 0.383 e. The molecule has 1 aromatic carbocycles. The van der Waals surface area contributed by atoms with Gasteiger partial charge in [0.25, 0.3) is 0 Å². The molecular formula is C18H25F3N2O4S. The van der Waals surface area contributed by atoms with Crippen molar-refractivity contribution >= 4 is 21.6 Å². The lowest BCUT2D eigenvalue weighted by Gasteiger charge is -2.29. The van der Waals surface area contributed by atoms with Crippen LogP contribution in [0.5, 0.6) is 0 Å². The number of sulfonamides is 1. The van der Waals surface area contributed by atoms with Crippen molar-refractivity contribution in [2.75, 3.05) is 19.0 Å². The molecule has 1 aliphatic carbocycles. The fourth-order valence-corrected chi connectivity index (χ4v) is 4.53. The second-order valence-corrected chi connectivity index (χ2v) is 8.81. The third-order valence-electron chi connectivity index (χ3n) is 4.71. The molecule has 1 aliphatic rings. The molecule has 158 valence electrons. The lowest BCUT2D eigenvalue weighted by Crippen LogP contribution is -2.35. The number of carbonyl (C=O) groups is 1. The zero-order valence-corrected chi connectivity index (χ0v) is 16.6. The zero-order valence-electron chi connectivity index (χ0n) is 15.8. The topological polar surface area (TPSA) is 84.5 Å². The molecule has 6 nitrogen and oxygen atoms in total. The number of amides is 1. The molecule has 0 aliphatic heterocycles. The molecule has 1 aromatic rings. The minimum Gasteiger partial charge on any atom is -0.383 e. The van der Waals surface area contributed by atoms with Gasteiger partial charge in [-0.05, 0) is 50.5 Å². The second-order valence-electron chi connectivity index (χ2n) is 7.09. The van der Waals surface area contributed by atoms with E-state index in [1.807, 2.05) is 0 Å². The predicted octanol–water partition coefficient (Wildman–Crippen LogP) is 3.31. The first-order chi connectivity index (χ1) is 13.0. The molecule has 0 saturated heterocycles. The zero-order chi connectivity index (χ0) is 20.9. The highest BCUT2D eigenvalue weighted by molar-refractivity contribution is 7.89. The maximum Gasteiger partial charge on any atom is 0.391 e. The number of hydrogen-bond acceptors (Lipinski definition) is 4. The van der Waals surface area contributed by atoms with Crippen molar-refractivity contribution in [3.63, 3.8) is 0 Å². The highest BCUT2D eigenvalue weighted by Crippen LogP contribution is 2.40. The molecule has 28 heavy (non-hydrogen) atoms. The first-order valence-corrected chi connectivity index (χ1v) is 10.5. The Balaban J connectivity index is 1.99. The average molecular weight is 422 g/mol. The summed E-state index contributed by atoms with van der Waals surface area (Å²) in [6.45, 7) is 1.88. The van der Waals surface area contributed by atoms with E-state index in [9.17, 15) is 26.4 Å². The van der Waals surface area contributed by atoms with Crippen LogP contribution in [0.2, 0.25) is 0 Å². The van der Waals surface area contributed by atoms with Gasteiger partial charge in [-0.1, -0.05) is 6.42 Å². The molecule has 0 radical (unpaired) electrons. The second kappa shape index (κ2) is 9.23. The Morgan fingerprint density at radius 2 is 1.89 bits per heavy atom. The molecule has 3 atom stereocenters. The number of alkyl halides is 3. The Morgan fingerprint density at radius 1 is 1.25 bits per heavy atom. The van der Waals surface area contributed by atoms with Gasteiger partial charge >= 0.3 is 6.18 Å². The molecule has 0 bridgehead atoms. The summed E-state index contributed by atoms with van der Waals surface area (Å²) in [6.07, 6.45) is -3.70. The largest absolute Gasteiger partial charge is 0.391 e. The standard InChI is InChI=1S/C18H25F3N2O4S/c1-12(11-27-2)23-28(25,26)16-8-6-15(7-9-16)22-17(24)13-4-3-5-14(10-13)18(19,20)21/h6-9,12-14,23H,3-5,10-11H2,1-2H3,(H,22,24)/t12-,13-,14-/m0/s1. The molecule has 2 N–H and O–H groups in total. The van der Waals surface area contributed by atoms with E-state index >= 15 is 0 Å². The fourth-order valence-electron chi connectivity index (χ4n) is 3.30. The summed E-state index contributed by atoms with van der Waals surface area (Å²) >= 11 is 0. The van der Waals surface area contributed by atoms with E-state index in [2.05, 4.69) is 10.0 Å².